The van der Waals surface area contributed by atoms with E-state index >= 15 is 0 Å². The highest BCUT2D eigenvalue weighted by atomic mass is 32.1. The SMILES string of the molecule is C[N+](C)(C)CCC[n+]1ccc(/C=C/c2ccc3c(c2)C2CCCC2N3c2ccc(CS)cc2)c2ccccc21. The minimum Gasteiger partial charge on any atom is -0.338 e. The monoisotopic (exact) mass is 535 g/mol. The highest BCUT2D eigenvalue weighted by Crippen LogP contribution is 2.52. The summed E-state index contributed by atoms with van der Waals surface area (Å²) in [5.74, 6) is 1.41. The van der Waals surface area contributed by atoms with Gasteiger partial charge in [0.2, 0.25) is 5.52 Å². The predicted molar refractivity (Wildman–Crippen MR) is 169 cm³/mol. The van der Waals surface area contributed by atoms with Gasteiger partial charge in [0.25, 0.3) is 0 Å². The lowest BCUT2D eigenvalue weighted by molar-refractivity contribution is -0.873. The first kappa shape index (κ1) is 26.2. The van der Waals surface area contributed by atoms with Crippen molar-refractivity contribution in [3.05, 3.63) is 101 Å². The second-order valence-corrected chi connectivity index (χ2v) is 12.6. The summed E-state index contributed by atoms with van der Waals surface area (Å²) < 4.78 is 3.41. The fourth-order valence-corrected chi connectivity index (χ4v) is 6.84. The number of hydrogen-bond donors (Lipinski definition) is 1. The molecule has 2 atom stereocenters. The topological polar surface area (TPSA) is 7.12 Å². The van der Waals surface area contributed by atoms with Crippen molar-refractivity contribution in [2.24, 2.45) is 0 Å². The van der Waals surface area contributed by atoms with Gasteiger partial charge in [-0.2, -0.15) is 17.2 Å². The van der Waals surface area contributed by atoms with Gasteiger partial charge in [0.05, 0.1) is 39.5 Å². The zero-order valence-corrected chi connectivity index (χ0v) is 24.4. The van der Waals surface area contributed by atoms with Crippen LogP contribution in [0.5, 0.6) is 0 Å². The quantitative estimate of drug-likeness (QED) is 0.139. The molecule has 1 aliphatic heterocycles. The fraction of sp³-hybridized carbons (Fsp3) is 0.343. The van der Waals surface area contributed by atoms with Crippen molar-refractivity contribution in [2.45, 2.75) is 49.9 Å². The molecular weight excluding hydrogens is 494 g/mol. The highest BCUT2D eigenvalue weighted by Gasteiger charge is 2.42. The Morgan fingerprint density at radius 2 is 1.77 bits per heavy atom. The Labute approximate surface area is 239 Å². The van der Waals surface area contributed by atoms with E-state index in [0.717, 1.165) is 16.8 Å². The Kier molecular flexibility index (Phi) is 7.26. The van der Waals surface area contributed by atoms with Gasteiger partial charge in [-0.25, -0.2) is 0 Å². The zero-order chi connectivity index (χ0) is 27.0. The van der Waals surface area contributed by atoms with Gasteiger partial charge in [-0.3, -0.25) is 0 Å². The second kappa shape index (κ2) is 10.8. The van der Waals surface area contributed by atoms with E-state index in [9.17, 15) is 0 Å². The second-order valence-electron chi connectivity index (χ2n) is 12.3. The third kappa shape index (κ3) is 5.37. The third-order valence-corrected chi connectivity index (χ3v) is 8.93. The first-order valence-corrected chi connectivity index (χ1v) is 15.1. The molecule has 0 radical (unpaired) electrons. The summed E-state index contributed by atoms with van der Waals surface area (Å²) in [6, 6.07) is 27.8. The number of thiol groups is 1. The first-order valence-electron chi connectivity index (χ1n) is 14.4. The molecule has 2 heterocycles. The summed E-state index contributed by atoms with van der Waals surface area (Å²) >= 11 is 4.44. The molecule has 0 amide bonds. The molecular formula is C35H41N3S+2. The van der Waals surface area contributed by atoms with Crippen LogP contribution in [0.25, 0.3) is 23.1 Å². The van der Waals surface area contributed by atoms with Crippen LogP contribution in [0.15, 0.2) is 79.0 Å². The zero-order valence-electron chi connectivity index (χ0n) is 23.6. The van der Waals surface area contributed by atoms with E-state index in [2.05, 4.69) is 134 Å². The van der Waals surface area contributed by atoms with Crippen LogP contribution < -0.4 is 9.47 Å². The van der Waals surface area contributed by atoms with Crippen molar-refractivity contribution in [2.75, 3.05) is 32.6 Å². The lowest BCUT2D eigenvalue weighted by Crippen LogP contribution is -2.40. The van der Waals surface area contributed by atoms with E-state index in [1.807, 2.05) is 0 Å². The molecule has 1 aromatic heterocycles. The van der Waals surface area contributed by atoms with Crippen LogP contribution in [-0.4, -0.2) is 38.2 Å². The minimum absolute atomic E-state index is 0.576. The van der Waals surface area contributed by atoms with Crippen LogP contribution in [0.3, 0.4) is 0 Å². The molecule has 2 unspecified atom stereocenters. The minimum atomic E-state index is 0.576. The van der Waals surface area contributed by atoms with Crippen LogP contribution in [0.1, 0.15) is 53.9 Å². The summed E-state index contributed by atoms with van der Waals surface area (Å²) in [6.07, 6.45) is 11.9. The van der Waals surface area contributed by atoms with E-state index in [0.29, 0.717) is 12.0 Å². The number of aromatic nitrogens is 1. The Morgan fingerprint density at radius 1 is 0.949 bits per heavy atom. The van der Waals surface area contributed by atoms with Gasteiger partial charge in [-0.05, 0) is 65.4 Å². The van der Waals surface area contributed by atoms with Crippen molar-refractivity contribution in [1.82, 2.24) is 0 Å². The lowest BCUT2D eigenvalue weighted by atomic mass is 9.95. The average molecular weight is 536 g/mol. The molecule has 1 aliphatic carbocycles. The molecule has 0 spiro atoms. The molecule has 0 bridgehead atoms. The summed E-state index contributed by atoms with van der Waals surface area (Å²) in [5, 5.41) is 1.31. The molecule has 2 aliphatic rings. The molecule has 3 aromatic carbocycles. The molecule has 0 N–H and O–H groups in total. The van der Waals surface area contributed by atoms with Gasteiger partial charge in [0, 0.05) is 41.2 Å². The molecule has 200 valence electrons. The van der Waals surface area contributed by atoms with Crippen LogP contribution in [0.4, 0.5) is 11.4 Å². The molecule has 0 saturated heterocycles. The number of quaternary nitrogens is 1. The van der Waals surface area contributed by atoms with E-state index in [4.69, 9.17) is 0 Å². The number of hydrogen-bond acceptors (Lipinski definition) is 2. The van der Waals surface area contributed by atoms with Crippen molar-refractivity contribution in [3.8, 4) is 0 Å². The largest absolute Gasteiger partial charge is 0.338 e. The Bertz CT molecular complexity index is 1500. The molecule has 6 rings (SSSR count). The fourth-order valence-electron chi connectivity index (χ4n) is 6.63. The molecule has 39 heavy (non-hydrogen) atoms. The van der Waals surface area contributed by atoms with E-state index in [1.54, 1.807) is 0 Å². The number of rotatable bonds is 8. The van der Waals surface area contributed by atoms with Gasteiger partial charge in [-0.15, -0.1) is 0 Å². The normalized spacial score (nSPS) is 18.7. The Morgan fingerprint density at radius 3 is 2.56 bits per heavy atom. The maximum absolute atomic E-state index is 4.44. The van der Waals surface area contributed by atoms with Gasteiger partial charge in [0.15, 0.2) is 12.7 Å². The van der Waals surface area contributed by atoms with Crippen LogP contribution in [0.2, 0.25) is 0 Å². The molecule has 4 heteroatoms. The van der Waals surface area contributed by atoms with Crippen molar-refractivity contribution in [1.29, 1.82) is 0 Å². The summed E-state index contributed by atoms with van der Waals surface area (Å²) in [4.78, 5) is 2.60. The van der Waals surface area contributed by atoms with Crippen LogP contribution in [0, 0.1) is 0 Å². The van der Waals surface area contributed by atoms with Crippen molar-refractivity contribution >= 4 is 47.1 Å². The summed E-state index contributed by atoms with van der Waals surface area (Å²) in [6.45, 7) is 2.21. The van der Waals surface area contributed by atoms with Gasteiger partial charge < -0.3 is 9.38 Å². The van der Waals surface area contributed by atoms with E-state index in [-0.39, 0.29) is 0 Å². The standard InChI is InChI=1S/C35H40N3S/c1-38(2,3)23-7-21-36-22-20-28(30-8-4-5-10-33(30)36)16-12-26-15-19-35-32(24-26)31-9-6-11-34(31)37(35)29-17-13-27(25-39)14-18-29/h4-5,8,10,12-20,22,24,31,34H,6-7,9,11,21,23,25H2,1-3H3/q+1/p+1. The highest BCUT2D eigenvalue weighted by molar-refractivity contribution is 7.79. The predicted octanol–water partition coefficient (Wildman–Crippen LogP) is 7.61. The number of para-hydroxylation sites is 1. The van der Waals surface area contributed by atoms with E-state index < -0.39 is 0 Å². The van der Waals surface area contributed by atoms with Gasteiger partial charge in [-0.1, -0.05) is 48.9 Å². The number of fused-ring (bicyclic) bond motifs is 4. The number of pyridine rings is 1. The number of aryl methyl sites for hydroxylation is 1. The first-order chi connectivity index (χ1) is 18.9. The molecule has 1 fully saturated rings. The third-order valence-electron chi connectivity index (χ3n) is 8.56. The van der Waals surface area contributed by atoms with Crippen molar-refractivity contribution < 1.29 is 9.05 Å². The van der Waals surface area contributed by atoms with Gasteiger partial charge in [0.1, 0.15) is 0 Å². The van der Waals surface area contributed by atoms with Crippen LogP contribution >= 0.6 is 12.6 Å². The number of nitrogens with zero attached hydrogens (tertiary/aromatic N) is 3. The number of anilines is 2. The van der Waals surface area contributed by atoms with Crippen molar-refractivity contribution in [3.63, 3.8) is 0 Å². The van der Waals surface area contributed by atoms with Crippen LogP contribution in [-0.2, 0) is 12.3 Å². The average Bonchev–Trinajstić information content (AvgIpc) is 3.53. The molecule has 1 saturated carbocycles. The Balaban J connectivity index is 1.27. The maximum atomic E-state index is 4.44. The maximum Gasteiger partial charge on any atom is 0.213 e. The Hall–Kier alpha value is -3.08. The van der Waals surface area contributed by atoms with Gasteiger partial charge >= 0.3 is 0 Å². The smallest absolute Gasteiger partial charge is 0.213 e. The summed E-state index contributed by atoms with van der Waals surface area (Å²) in [5.41, 5.74) is 9.36. The number of benzene rings is 3. The molecule has 4 aromatic rings. The summed E-state index contributed by atoms with van der Waals surface area (Å²) in [7, 11) is 6.80. The van der Waals surface area contributed by atoms with E-state index in [1.165, 1.54) is 76.8 Å². The lowest BCUT2D eigenvalue weighted by Gasteiger charge is -2.27. The molecule has 3 nitrogen and oxygen atoms in total.